The molecular weight excluding hydrogens is 252 g/mol. The van der Waals surface area contributed by atoms with Crippen molar-refractivity contribution in [1.82, 2.24) is 20.4 Å². The number of carbonyl (C=O) groups excluding carboxylic acids is 1. The van der Waals surface area contributed by atoms with Crippen LogP contribution < -0.4 is 5.32 Å². The predicted octanol–water partition coefficient (Wildman–Crippen LogP) is 1.55. The third-order valence-electron chi connectivity index (χ3n) is 3.99. The van der Waals surface area contributed by atoms with Crippen LogP contribution in [0.2, 0.25) is 0 Å². The van der Waals surface area contributed by atoms with Gasteiger partial charge in [0.2, 0.25) is 0 Å². The number of hydrogen-bond donors (Lipinski definition) is 2. The standard InChI is InChI=1S/C15H20N4O/c1-10-3-4-13-12(7-10)14(18-17-13)15(20)19-6-5-11(9-19)8-16-2/h3-4,7,11,16H,5-6,8-9H2,1-2H3,(H,17,18)/t11-/m1/s1. The minimum Gasteiger partial charge on any atom is -0.337 e. The topological polar surface area (TPSA) is 61.0 Å². The zero-order valence-corrected chi connectivity index (χ0v) is 11.9. The number of likely N-dealkylation sites (tertiary alicyclic amines) is 1. The molecule has 2 aromatic rings. The molecule has 2 N–H and O–H groups in total. The highest BCUT2D eigenvalue weighted by Crippen LogP contribution is 2.22. The molecule has 0 spiro atoms. The van der Waals surface area contributed by atoms with Crippen molar-refractivity contribution in [1.29, 1.82) is 0 Å². The van der Waals surface area contributed by atoms with Gasteiger partial charge in [-0.1, -0.05) is 11.6 Å². The van der Waals surface area contributed by atoms with E-state index in [-0.39, 0.29) is 5.91 Å². The van der Waals surface area contributed by atoms with Crippen molar-refractivity contribution in [2.45, 2.75) is 13.3 Å². The normalized spacial score (nSPS) is 18.9. The van der Waals surface area contributed by atoms with E-state index in [1.807, 2.05) is 37.1 Å². The Bertz CT molecular complexity index is 634. The van der Waals surface area contributed by atoms with Crippen LogP contribution in [0.5, 0.6) is 0 Å². The predicted molar refractivity (Wildman–Crippen MR) is 78.8 cm³/mol. The average molecular weight is 272 g/mol. The van der Waals surface area contributed by atoms with E-state index >= 15 is 0 Å². The fraction of sp³-hybridized carbons (Fsp3) is 0.467. The number of nitrogens with one attached hydrogen (secondary N) is 2. The maximum absolute atomic E-state index is 12.6. The molecule has 0 aliphatic carbocycles. The summed E-state index contributed by atoms with van der Waals surface area (Å²) in [6, 6.07) is 6.02. The van der Waals surface area contributed by atoms with Crippen molar-refractivity contribution in [3.63, 3.8) is 0 Å². The van der Waals surface area contributed by atoms with Crippen molar-refractivity contribution in [2.75, 3.05) is 26.7 Å². The summed E-state index contributed by atoms with van der Waals surface area (Å²) >= 11 is 0. The molecule has 20 heavy (non-hydrogen) atoms. The number of carbonyl (C=O) groups is 1. The Morgan fingerprint density at radius 2 is 2.40 bits per heavy atom. The second-order valence-electron chi connectivity index (χ2n) is 5.58. The van der Waals surface area contributed by atoms with Crippen LogP contribution in [0, 0.1) is 12.8 Å². The minimum absolute atomic E-state index is 0.0421. The number of rotatable bonds is 3. The number of aromatic amines is 1. The number of aromatic nitrogens is 2. The molecule has 0 radical (unpaired) electrons. The van der Waals surface area contributed by atoms with Gasteiger partial charge in [0.1, 0.15) is 0 Å². The molecule has 1 fully saturated rings. The van der Waals surface area contributed by atoms with E-state index < -0.39 is 0 Å². The zero-order chi connectivity index (χ0) is 14.1. The lowest BCUT2D eigenvalue weighted by Gasteiger charge is -2.15. The zero-order valence-electron chi connectivity index (χ0n) is 11.9. The Morgan fingerprint density at radius 1 is 1.55 bits per heavy atom. The van der Waals surface area contributed by atoms with Crippen LogP contribution in [0.25, 0.3) is 10.9 Å². The highest BCUT2D eigenvalue weighted by Gasteiger charge is 2.28. The van der Waals surface area contributed by atoms with Crippen LogP contribution in [-0.4, -0.2) is 47.7 Å². The van der Waals surface area contributed by atoms with E-state index in [1.54, 1.807) is 0 Å². The van der Waals surface area contributed by atoms with Gasteiger partial charge in [-0.15, -0.1) is 0 Å². The van der Waals surface area contributed by atoms with Crippen LogP contribution in [0.15, 0.2) is 18.2 Å². The quantitative estimate of drug-likeness (QED) is 0.891. The molecule has 106 valence electrons. The molecule has 0 unspecified atom stereocenters. The lowest BCUT2D eigenvalue weighted by Crippen LogP contribution is -2.30. The number of benzene rings is 1. The molecule has 1 saturated heterocycles. The SMILES string of the molecule is CNC[C@H]1CCN(C(=O)c2n[nH]c3ccc(C)cc23)C1. The largest absolute Gasteiger partial charge is 0.337 e. The Kier molecular flexibility index (Phi) is 3.44. The molecule has 1 aromatic heterocycles. The first-order valence-corrected chi connectivity index (χ1v) is 7.07. The summed E-state index contributed by atoms with van der Waals surface area (Å²) in [6.45, 7) is 4.63. The van der Waals surface area contributed by atoms with E-state index in [4.69, 9.17) is 0 Å². The first-order valence-electron chi connectivity index (χ1n) is 7.07. The van der Waals surface area contributed by atoms with Gasteiger partial charge in [-0.3, -0.25) is 9.89 Å². The molecule has 1 aliphatic rings. The van der Waals surface area contributed by atoms with E-state index in [2.05, 4.69) is 15.5 Å². The first kappa shape index (κ1) is 13.1. The van der Waals surface area contributed by atoms with Crippen LogP contribution in [0.1, 0.15) is 22.5 Å². The molecule has 1 amide bonds. The summed E-state index contributed by atoms with van der Waals surface area (Å²) in [5, 5.41) is 11.3. The molecule has 1 aromatic carbocycles. The number of aryl methyl sites for hydroxylation is 1. The summed E-state index contributed by atoms with van der Waals surface area (Å²) in [4.78, 5) is 14.5. The Hall–Kier alpha value is -1.88. The number of fused-ring (bicyclic) bond motifs is 1. The number of amides is 1. The van der Waals surface area contributed by atoms with Crippen LogP contribution in [0.3, 0.4) is 0 Å². The summed E-state index contributed by atoms with van der Waals surface area (Å²) in [7, 11) is 1.95. The third kappa shape index (κ3) is 2.29. The van der Waals surface area contributed by atoms with Crippen molar-refractivity contribution in [3.8, 4) is 0 Å². The minimum atomic E-state index is 0.0421. The first-order chi connectivity index (χ1) is 9.69. The fourth-order valence-electron chi connectivity index (χ4n) is 2.91. The van der Waals surface area contributed by atoms with Crippen molar-refractivity contribution < 1.29 is 4.79 Å². The maximum Gasteiger partial charge on any atom is 0.275 e. The monoisotopic (exact) mass is 272 g/mol. The Balaban J connectivity index is 1.84. The average Bonchev–Trinajstić information content (AvgIpc) is 3.05. The number of H-pyrrole nitrogens is 1. The number of nitrogens with zero attached hydrogens (tertiary/aromatic N) is 2. The summed E-state index contributed by atoms with van der Waals surface area (Å²) in [5.41, 5.74) is 2.61. The Morgan fingerprint density at radius 3 is 3.20 bits per heavy atom. The van der Waals surface area contributed by atoms with Gasteiger partial charge < -0.3 is 10.2 Å². The van der Waals surface area contributed by atoms with E-state index in [0.29, 0.717) is 11.6 Å². The summed E-state index contributed by atoms with van der Waals surface area (Å²) < 4.78 is 0. The summed E-state index contributed by atoms with van der Waals surface area (Å²) in [5.74, 6) is 0.594. The molecular formula is C15H20N4O. The molecule has 2 heterocycles. The Labute approximate surface area is 118 Å². The van der Waals surface area contributed by atoms with Gasteiger partial charge in [-0.05, 0) is 45.0 Å². The molecule has 1 aliphatic heterocycles. The van der Waals surface area contributed by atoms with Gasteiger partial charge in [0.25, 0.3) is 5.91 Å². The fourth-order valence-corrected chi connectivity index (χ4v) is 2.91. The lowest BCUT2D eigenvalue weighted by atomic mass is 10.1. The van der Waals surface area contributed by atoms with E-state index in [1.165, 1.54) is 0 Å². The summed E-state index contributed by atoms with van der Waals surface area (Å²) in [6.07, 6.45) is 1.06. The van der Waals surface area contributed by atoms with Gasteiger partial charge in [0, 0.05) is 18.5 Å². The van der Waals surface area contributed by atoms with Gasteiger partial charge >= 0.3 is 0 Å². The second-order valence-corrected chi connectivity index (χ2v) is 5.58. The lowest BCUT2D eigenvalue weighted by molar-refractivity contribution is 0.0783. The number of hydrogen-bond acceptors (Lipinski definition) is 3. The van der Waals surface area contributed by atoms with E-state index in [0.717, 1.165) is 42.5 Å². The van der Waals surface area contributed by atoms with Crippen LogP contribution >= 0.6 is 0 Å². The molecule has 3 rings (SSSR count). The van der Waals surface area contributed by atoms with Gasteiger partial charge in [0.05, 0.1) is 5.52 Å². The molecule has 5 heteroatoms. The van der Waals surface area contributed by atoms with Crippen molar-refractivity contribution >= 4 is 16.8 Å². The van der Waals surface area contributed by atoms with Gasteiger partial charge in [0.15, 0.2) is 5.69 Å². The maximum atomic E-state index is 12.6. The van der Waals surface area contributed by atoms with Gasteiger partial charge in [-0.25, -0.2) is 0 Å². The highest BCUT2D eigenvalue weighted by atomic mass is 16.2. The highest BCUT2D eigenvalue weighted by molar-refractivity contribution is 6.04. The second kappa shape index (κ2) is 5.25. The smallest absolute Gasteiger partial charge is 0.275 e. The van der Waals surface area contributed by atoms with Crippen molar-refractivity contribution in [3.05, 3.63) is 29.5 Å². The third-order valence-corrected chi connectivity index (χ3v) is 3.99. The van der Waals surface area contributed by atoms with Gasteiger partial charge in [-0.2, -0.15) is 5.10 Å². The van der Waals surface area contributed by atoms with E-state index in [9.17, 15) is 4.79 Å². The molecule has 0 saturated carbocycles. The molecule has 0 bridgehead atoms. The van der Waals surface area contributed by atoms with Crippen LogP contribution in [-0.2, 0) is 0 Å². The van der Waals surface area contributed by atoms with Crippen LogP contribution in [0.4, 0.5) is 0 Å². The molecule has 5 nitrogen and oxygen atoms in total. The van der Waals surface area contributed by atoms with Crippen molar-refractivity contribution in [2.24, 2.45) is 5.92 Å². The molecule has 1 atom stereocenters.